The van der Waals surface area contributed by atoms with Crippen molar-refractivity contribution in [3.8, 4) is 0 Å². The van der Waals surface area contributed by atoms with Crippen LogP contribution in [0.2, 0.25) is 0 Å². The van der Waals surface area contributed by atoms with E-state index in [2.05, 4.69) is 0 Å². The van der Waals surface area contributed by atoms with Crippen molar-refractivity contribution in [1.29, 1.82) is 0 Å². The van der Waals surface area contributed by atoms with Gasteiger partial charge in [-0.25, -0.2) is 0 Å². The molecule has 5 saturated heterocycles. The number of primary amides is 5. The number of ether oxygens (including phenoxy) is 2. The Balaban J connectivity index is 0.000000539. The largest absolute Gasteiger partial charge is 0.463 e. The maximum atomic E-state index is 11.9. The summed E-state index contributed by atoms with van der Waals surface area (Å²) in [7, 11) is 0. The van der Waals surface area contributed by atoms with Crippen LogP contribution >= 0.6 is 0 Å². The van der Waals surface area contributed by atoms with Crippen LogP contribution in [-0.2, 0) is 71.8 Å². The maximum Gasteiger partial charge on any atom is 0.302 e. The van der Waals surface area contributed by atoms with Gasteiger partial charge in [0.25, 0.3) is 0 Å². The third kappa shape index (κ3) is 26.1. The molecule has 5 fully saturated rings. The van der Waals surface area contributed by atoms with Crippen molar-refractivity contribution >= 4 is 76.8 Å². The van der Waals surface area contributed by atoms with Gasteiger partial charge in [0, 0.05) is 85.1 Å². The molecular weight excluding hydrogens is 1120 g/mol. The number of carbonyl (C=O) groups excluding carboxylic acids is 13. The fourth-order valence-electron chi connectivity index (χ4n) is 12.2. The average molecular weight is 1220 g/mol. The molecule has 0 saturated carbocycles. The Morgan fingerprint density at radius 1 is 0.395 bits per heavy atom. The van der Waals surface area contributed by atoms with Gasteiger partial charge in [0.05, 0.1) is 24.4 Å². The molecule has 10 amide bonds. The number of Topliss-reactive ketones (excluding diaryl/α,β-unsaturated/α-hetero) is 1. The minimum atomic E-state index is -0.526. The minimum Gasteiger partial charge on any atom is -0.463 e. The number of ketones is 1. The van der Waals surface area contributed by atoms with Crippen LogP contribution in [0.25, 0.3) is 0 Å². The van der Waals surface area contributed by atoms with E-state index >= 15 is 0 Å². The predicted octanol–water partition coefficient (Wildman–Crippen LogP) is 0.698. The van der Waals surface area contributed by atoms with E-state index in [4.69, 9.17) is 38.1 Å². The molecule has 5 aliphatic rings. The van der Waals surface area contributed by atoms with E-state index in [-0.39, 0.29) is 89.1 Å². The van der Waals surface area contributed by atoms with E-state index in [1.54, 1.807) is 47.3 Å². The van der Waals surface area contributed by atoms with E-state index in [0.717, 1.165) is 0 Å². The molecule has 0 bridgehead atoms. The van der Waals surface area contributed by atoms with Crippen LogP contribution in [0.4, 0.5) is 0 Å². The Hall–Kier alpha value is -6.77. The van der Waals surface area contributed by atoms with Crippen molar-refractivity contribution in [3.63, 3.8) is 0 Å². The van der Waals surface area contributed by atoms with Gasteiger partial charge >= 0.3 is 11.9 Å². The molecule has 5 heterocycles. The monoisotopic (exact) mass is 1220 g/mol. The second-order valence-corrected chi connectivity index (χ2v) is 23.6. The third-order valence-corrected chi connectivity index (χ3v) is 15.6. The van der Waals surface area contributed by atoms with Crippen LogP contribution in [0.5, 0.6) is 0 Å². The van der Waals surface area contributed by atoms with Crippen LogP contribution in [0.1, 0.15) is 179 Å². The van der Waals surface area contributed by atoms with Gasteiger partial charge in [0.2, 0.25) is 59.1 Å². The molecule has 0 aliphatic carbocycles. The molecule has 5 rings (SSSR count). The maximum absolute atomic E-state index is 11.9. The first-order chi connectivity index (χ1) is 40.0. The van der Waals surface area contributed by atoms with E-state index in [9.17, 15) is 72.5 Å². The smallest absolute Gasteiger partial charge is 0.302 e. The lowest BCUT2D eigenvalue weighted by molar-refractivity contribution is -0.147. The highest BCUT2D eigenvalue weighted by Gasteiger charge is 2.41. The number of esters is 2. The van der Waals surface area contributed by atoms with Crippen molar-refractivity contribution in [2.75, 3.05) is 32.7 Å². The molecule has 27 nitrogen and oxygen atoms in total. The first-order valence-electron chi connectivity index (χ1n) is 30.2. The Labute approximate surface area is 506 Å². The van der Waals surface area contributed by atoms with Crippen LogP contribution in [0.3, 0.4) is 0 Å². The van der Waals surface area contributed by atoms with Gasteiger partial charge in [-0.05, 0) is 122 Å². The number of rotatable bonds is 27. The van der Waals surface area contributed by atoms with Crippen molar-refractivity contribution in [2.45, 2.75) is 234 Å². The van der Waals surface area contributed by atoms with Crippen molar-refractivity contribution in [1.82, 2.24) is 24.5 Å². The summed E-state index contributed by atoms with van der Waals surface area (Å²) < 4.78 is 10.1. The van der Waals surface area contributed by atoms with Gasteiger partial charge < -0.3 is 77.6 Å². The molecule has 27 heteroatoms. The number of aliphatic hydroxyl groups excluding tert-OH is 2. The Morgan fingerprint density at radius 3 is 0.767 bits per heavy atom. The van der Waals surface area contributed by atoms with Crippen LogP contribution in [-0.4, -0.2) is 199 Å². The average Bonchev–Trinajstić information content (AvgIpc) is 3.98. The molecular formula is C59H102N10O17. The number of hydrogen-bond acceptors (Lipinski definition) is 17. The summed E-state index contributed by atoms with van der Waals surface area (Å²) >= 11 is 0. The number of nitrogens with zero attached hydrogens (tertiary/aromatic N) is 5. The molecule has 86 heavy (non-hydrogen) atoms. The fourth-order valence-corrected chi connectivity index (χ4v) is 12.2. The van der Waals surface area contributed by atoms with E-state index < -0.39 is 72.0 Å². The van der Waals surface area contributed by atoms with Gasteiger partial charge in [-0.3, -0.25) is 57.5 Å². The normalized spacial score (nSPS) is 23.1. The van der Waals surface area contributed by atoms with Crippen LogP contribution < -0.4 is 28.7 Å². The zero-order chi connectivity index (χ0) is 66.0. The summed E-state index contributed by atoms with van der Waals surface area (Å²) in [5, 5.41) is 18.5. The summed E-state index contributed by atoms with van der Waals surface area (Å²) in [5.41, 5.74) is 26.3. The quantitative estimate of drug-likeness (QED) is 0.0557. The number of nitrogens with two attached hydrogens (primary N) is 5. The molecule has 14 atom stereocenters. The molecule has 5 unspecified atom stereocenters. The molecule has 0 aromatic heterocycles. The highest BCUT2D eigenvalue weighted by Crippen LogP contribution is 2.30. The van der Waals surface area contributed by atoms with Crippen LogP contribution in [0.15, 0.2) is 0 Å². The molecule has 490 valence electrons. The van der Waals surface area contributed by atoms with E-state index in [0.29, 0.717) is 129 Å². The lowest BCUT2D eigenvalue weighted by Gasteiger charge is -2.24. The first kappa shape index (κ1) is 77.2. The fraction of sp³-hybridized carbons (Fsp3) is 0.780. The predicted molar refractivity (Wildman–Crippen MR) is 315 cm³/mol. The molecule has 0 radical (unpaired) electrons. The summed E-state index contributed by atoms with van der Waals surface area (Å²) in [4.78, 5) is 155. The summed E-state index contributed by atoms with van der Waals surface area (Å²) in [5.74, 6) is -2.58. The lowest BCUT2D eigenvalue weighted by Crippen LogP contribution is -2.45. The number of aliphatic hydroxyl groups is 2. The zero-order valence-corrected chi connectivity index (χ0v) is 52.9. The van der Waals surface area contributed by atoms with Gasteiger partial charge in [-0.2, -0.15) is 0 Å². The number of amides is 10. The van der Waals surface area contributed by atoms with Gasteiger partial charge in [0.1, 0.15) is 36.0 Å². The number of likely N-dealkylation sites (tertiary alicyclic amines) is 5. The topological polar surface area (TPSA) is 427 Å². The second kappa shape index (κ2) is 37.7. The van der Waals surface area contributed by atoms with Crippen molar-refractivity contribution < 1.29 is 82.0 Å². The lowest BCUT2D eigenvalue weighted by atomic mass is 10.0. The summed E-state index contributed by atoms with van der Waals surface area (Å²) in [6.45, 7) is 23.0. The molecule has 0 aromatic rings. The highest BCUT2D eigenvalue weighted by molar-refractivity contribution is 5.91. The van der Waals surface area contributed by atoms with Crippen LogP contribution in [0, 0.1) is 29.6 Å². The number of carbonyl (C=O) groups is 13. The van der Waals surface area contributed by atoms with Crippen molar-refractivity contribution in [2.24, 2.45) is 58.3 Å². The zero-order valence-electron chi connectivity index (χ0n) is 52.9. The first-order valence-corrected chi connectivity index (χ1v) is 30.2. The highest BCUT2D eigenvalue weighted by atomic mass is 16.5. The SMILES string of the molecule is CCC(C(N)=O)N1C[C@H](CC(C)O)CC1=O.CC[C@@H](C(N)=O)N1C[C@H](CC(C)=O)CC1=O.CC[C@@H](C(N)=O)N1C[C@H](CC(C)O)CC1=O.CC[C@@H](C(N)=O)N1C[C@H](CC(C)OC(C)=O)CC1=O.CC[C@@H](C(N)=O)N1C[C@H](CC(C)OC(C)=O)CC1=O. The van der Waals surface area contributed by atoms with Crippen molar-refractivity contribution in [3.05, 3.63) is 0 Å². The molecule has 5 aliphatic heterocycles. The van der Waals surface area contributed by atoms with E-state index in [1.165, 1.54) is 25.7 Å². The molecule has 0 spiro atoms. The van der Waals surface area contributed by atoms with E-state index in [1.807, 2.05) is 34.6 Å². The molecule has 12 N–H and O–H groups in total. The van der Waals surface area contributed by atoms with Gasteiger partial charge in [-0.15, -0.1) is 0 Å². The Bertz CT molecular complexity index is 2210. The van der Waals surface area contributed by atoms with Gasteiger partial charge in [-0.1, -0.05) is 34.6 Å². The standard InChI is InChI=1S/2C13H22N2O4.2C11H20N2O3.C11H18N2O3/c2*1-4-11(13(14)18)15-7-10(6-12(15)17)5-8(2)19-9(3)16;3*1-3-9(11(12)16)13-6-8(4-7(2)14)5-10(13)15/h2*8,10-11H,4-7H2,1-3H3,(H2,14,18);2*7-9,14H,3-6H2,1-2H3,(H2,12,16);8-9H,3-6H2,1-2H3,(H2,12,16)/t2*8?,10-,11+;7?,8-,9?;7?,8-,9+;8-,9+/m11111/s1. The third-order valence-electron chi connectivity index (χ3n) is 15.6. The Morgan fingerprint density at radius 2 is 0.593 bits per heavy atom. The molecule has 0 aromatic carbocycles. The minimum absolute atomic E-state index is 0.0312. The summed E-state index contributed by atoms with van der Waals surface area (Å²) in [6, 6.07) is -2.56. The summed E-state index contributed by atoms with van der Waals surface area (Å²) in [6.07, 6.45) is 6.17. The Kier molecular flexibility index (Phi) is 33.9. The van der Waals surface area contributed by atoms with Gasteiger partial charge in [0.15, 0.2) is 0 Å². The number of hydrogen-bond donors (Lipinski definition) is 7. The second-order valence-electron chi connectivity index (χ2n) is 23.6.